The molecular formula is C22H23NO4S. The molecule has 1 aromatic heterocycles. The van der Waals surface area contributed by atoms with Crippen LogP contribution in [0.1, 0.15) is 36.8 Å². The normalized spacial score (nSPS) is 11.2. The molecule has 0 aliphatic rings. The molecule has 0 amide bonds. The van der Waals surface area contributed by atoms with Crippen molar-refractivity contribution in [2.75, 3.05) is 13.2 Å². The number of ether oxygens (including phenoxy) is 2. The molecule has 0 spiro atoms. The molecule has 3 aromatic rings. The van der Waals surface area contributed by atoms with Gasteiger partial charge >= 0.3 is 5.97 Å². The van der Waals surface area contributed by atoms with Crippen LogP contribution in [0.2, 0.25) is 0 Å². The van der Waals surface area contributed by atoms with E-state index >= 15 is 0 Å². The van der Waals surface area contributed by atoms with Crippen molar-refractivity contribution in [1.29, 1.82) is 0 Å². The van der Waals surface area contributed by atoms with Crippen molar-refractivity contribution >= 4 is 17.3 Å². The highest BCUT2D eigenvalue weighted by Gasteiger charge is 2.13. The van der Waals surface area contributed by atoms with Crippen LogP contribution in [0, 0.1) is 0 Å². The van der Waals surface area contributed by atoms with Gasteiger partial charge in [0.2, 0.25) is 0 Å². The van der Waals surface area contributed by atoms with E-state index in [1.165, 1.54) is 22.3 Å². The van der Waals surface area contributed by atoms with Crippen LogP contribution in [-0.4, -0.2) is 29.3 Å². The van der Waals surface area contributed by atoms with Gasteiger partial charge in [-0.1, -0.05) is 32.9 Å². The summed E-state index contributed by atoms with van der Waals surface area (Å²) < 4.78 is 11.4. The Balaban J connectivity index is 1.48. The molecule has 28 heavy (non-hydrogen) atoms. The van der Waals surface area contributed by atoms with Crippen molar-refractivity contribution in [3.63, 3.8) is 0 Å². The Labute approximate surface area is 168 Å². The van der Waals surface area contributed by atoms with Crippen LogP contribution in [0.25, 0.3) is 10.6 Å². The summed E-state index contributed by atoms with van der Waals surface area (Å²) >= 11 is 1.31. The minimum atomic E-state index is -1.02. The van der Waals surface area contributed by atoms with E-state index in [4.69, 9.17) is 14.6 Å². The number of aromatic carboxylic acids is 1. The molecule has 0 unspecified atom stereocenters. The van der Waals surface area contributed by atoms with Crippen molar-refractivity contribution in [1.82, 2.24) is 4.98 Å². The molecule has 0 fully saturated rings. The highest BCUT2D eigenvalue weighted by molar-refractivity contribution is 7.13. The molecular weight excluding hydrogens is 374 g/mol. The van der Waals surface area contributed by atoms with Crippen LogP contribution in [-0.2, 0) is 5.41 Å². The molecule has 0 saturated heterocycles. The fraction of sp³-hybridized carbons (Fsp3) is 0.273. The SMILES string of the molecule is CC(C)(C)c1ccc(OCCOc2ccc(-c3nc(C(=O)O)cs3)cc2)cc1. The maximum absolute atomic E-state index is 10.9. The molecule has 0 bridgehead atoms. The topological polar surface area (TPSA) is 68.7 Å². The number of carboxylic acid groups (broad SMARTS) is 1. The van der Waals surface area contributed by atoms with Crippen molar-refractivity contribution in [3.05, 3.63) is 65.2 Å². The number of rotatable bonds is 7. The maximum atomic E-state index is 10.9. The van der Waals surface area contributed by atoms with Gasteiger partial charge in [-0.3, -0.25) is 0 Å². The molecule has 0 aliphatic carbocycles. The Morgan fingerprint density at radius 3 is 1.96 bits per heavy atom. The highest BCUT2D eigenvalue weighted by Crippen LogP contribution is 2.26. The van der Waals surface area contributed by atoms with Crippen molar-refractivity contribution < 1.29 is 19.4 Å². The van der Waals surface area contributed by atoms with Gasteiger partial charge in [-0.15, -0.1) is 11.3 Å². The summed E-state index contributed by atoms with van der Waals surface area (Å²) in [5.41, 5.74) is 2.32. The van der Waals surface area contributed by atoms with Crippen molar-refractivity contribution in [2.45, 2.75) is 26.2 Å². The predicted octanol–water partition coefficient (Wildman–Crippen LogP) is 5.26. The van der Waals surface area contributed by atoms with Gasteiger partial charge in [-0.25, -0.2) is 9.78 Å². The molecule has 2 aromatic carbocycles. The van der Waals surface area contributed by atoms with Gasteiger partial charge in [0.05, 0.1) is 0 Å². The van der Waals surface area contributed by atoms with E-state index in [9.17, 15) is 4.79 Å². The number of thiazole rings is 1. The molecule has 0 atom stereocenters. The third-order valence-electron chi connectivity index (χ3n) is 4.17. The second-order valence-corrected chi connectivity index (χ2v) is 8.20. The molecule has 6 heteroatoms. The van der Waals surface area contributed by atoms with E-state index in [0.29, 0.717) is 18.2 Å². The first kappa shape index (κ1) is 19.9. The summed E-state index contributed by atoms with van der Waals surface area (Å²) in [4.78, 5) is 15.0. The lowest BCUT2D eigenvalue weighted by Gasteiger charge is -2.19. The van der Waals surface area contributed by atoms with Crippen molar-refractivity contribution in [2.24, 2.45) is 0 Å². The third kappa shape index (κ3) is 5.10. The third-order valence-corrected chi connectivity index (χ3v) is 5.06. The lowest BCUT2D eigenvalue weighted by atomic mass is 9.87. The van der Waals surface area contributed by atoms with E-state index in [1.807, 2.05) is 36.4 Å². The van der Waals surface area contributed by atoms with Gasteiger partial charge in [-0.2, -0.15) is 0 Å². The van der Waals surface area contributed by atoms with E-state index in [-0.39, 0.29) is 11.1 Å². The average Bonchev–Trinajstić information content (AvgIpc) is 3.16. The molecule has 146 valence electrons. The molecule has 3 rings (SSSR count). The zero-order valence-corrected chi connectivity index (χ0v) is 17.0. The van der Waals surface area contributed by atoms with Crippen molar-refractivity contribution in [3.8, 4) is 22.1 Å². The fourth-order valence-corrected chi connectivity index (χ4v) is 3.37. The van der Waals surface area contributed by atoms with E-state index < -0.39 is 5.97 Å². The predicted molar refractivity (Wildman–Crippen MR) is 111 cm³/mol. The number of carboxylic acids is 1. The van der Waals surface area contributed by atoms with Gasteiger partial charge in [0.15, 0.2) is 5.69 Å². The van der Waals surface area contributed by atoms with Crippen LogP contribution in [0.15, 0.2) is 53.9 Å². The van der Waals surface area contributed by atoms with E-state index in [0.717, 1.165) is 17.1 Å². The Kier molecular flexibility index (Phi) is 5.99. The number of hydrogen-bond donors (Lipinski definition) is 1. The average molecular weight is 397 g/mol. The summed E-state index contributed by atoms with van der Waals surface area (Å²) in [5.74, 6) is 0.533. The highest BCUT2D eigenvalue weighted by atomic mass is 32.1. The number of carbonyl (C=O) groups is 1. The van der Waals surface area contributed by atoms with Gasteiger partial charge in [0.1, 0.15) is 29.7 Å². The molecule has 1 heterocycles. The van der Waals surface area contributed by atoms with Crippen LogP contribution in [0.4, 0.5) is 0 Å². The largest absolute Gasteiger partial charge is 0.490 e. The molecule has 0 aliphatic heterocycles. The Bertz CT molecular complexity index is 924. The quantitative estimate of drug-likeness (QED) is 0.551. The monoisotopic (exact) mass is 397 g/mol. The maximum Gasteiger partial charge on any atom is 0.355 e. The van der Waals surface area contributed by atoms with Crippen LogP contribution in [0.5, 0.6) is 11.5 Å². The van der Waals surface area contributed by atoms with Gasteiger partial charge in [0, 0.05) is 10.9 Å². The Morgan fingerprint density at radius 2 is 1.50 bits per heavy atom. The van der Waals surface area contributed by atoms with Crippen LogP contribution >= 0.6 is 11.3 Å². The molecule has 0 saturated carbocycles. The van der Waals surface area contributed by atoms with E-state index in [2.05, 4.69) is 37.9 Å². The van der Waals surface area contributed by atoms with E-state index in [1.54, 1.807) is 0 Å². The molecule has 5 nitrogen and oxygen atoms in total. The number of hydrogen-bond acceptors (Lipinski definition) is 5. The summed E-state index contributed by atoms with van der Waals surface area (Å²) in [7, 11) is 0. The first-order valence-electron chi connectivity index (χ1n) is 8.98. The van der Waals surface area contributed by atoms with Gasteiger partial charge < -0.3 is 14.6 Å². The smallest absolute Gasteiger partial charge is 0.355 e. The first-order chi connectivity index (χ1) is 13.3. The second-order valence-electron chi connectivity index (χ2n) is 7.34. The van der Waals surface area contributed by atoms with Gasteiger partial charge in [0.25, 0.3) is 0 Å². The first-order valence-corrected chi connectivity index (χ1v) is 9.86. The van der Waals surface area contributed by atoms with Crippen LogP contribution in [0.3, 0.4) is 0 Å². The van der Waals surface area contributed by atoms with Crippen LogP contribution < -0.4 is 9.47 Å². The Morgan fingerprint density at radius 1 is 0.964 bits per heavy atom. The Hall–Kier alpha value is -2.86. The fourth-order valence-electron chi connectivity index (χ4n) is 2.57. The summed E-state index contributed by atoms with van der Waals surface area (Å²) in [5, 5.41) is 11.2. The minimum Gasteiger partial charge on any atom is -0.490 e. The number of benzene rings is 2. The lowest BCUT2D eigenvalue weighted by Crippen LogP contribution is -2.11. The second kappa shape index (κ2) is 8.44. The summed E-state index contributed by atoms with van der Waals surface area (Å²) in [6, 6.07) is 15.6. The minimum absolute atomic E-state index is 0.0630. The zero-order valence-electron chi connectivity index (χ0n) is 16.1. The summed E-state index contributed by atoms with van der Waals surface area (Å²) in [6.07, 6.45) is 0. The summed E-state index contributed by atoms with van der Waals surface area (Å²) in [6.45, 7) is 7.43. The standard InChI is InChI=1S/C22H23NO4S/c1-22(2,3)16-6-10-18(11-7-16)27-13-12-26-17-8-4-15(5-9-17)20-23-19(14-28-20)21(24)25/h4-11,14H,12-13H2,1-3H3,(H,24,25). The molecule has 0 radical (unpaired) electrons. The zero-order chi connectivity index (χ0) is 20.1. The molecule has 1 N–H and O–H groups in total. The lowest BCUT2D eigenvalue weighted by molar-refractivity contribution is 0.0691. The number of aromatic nitrogens is 1. The number of nitrogens with zero attached hydrogens (tertiary/aromatic N) is 1. The van der Waals surface area contributed by atoms with Gasteiger partial charge in [-0.05, 0) is 47.4 Å².